The molecule has 0 N–H and O–H groups in total. The Hall–Kier alpha value is -0.780. The SMILES string of the molecule is O=S1(=O)N=CN(C2CCC2)c2cc(Cl)c(Cl)cc21. The first-order valence-electron chi connectivity index (χ1n) is 5.57. The average molecular weight is 305 g/mol. The van der Waals surface area contributed by atoms with Gasteiger partial charge in [0.05, 0.1) is 15.7 Å². The van der Waals surface area contributed by atoms with Gasteiger partial charge in [-0.05, 0) is 31.4 Å². The zero-order chi connectivity index (χ0) is 12.9. The fourth-order valence-corrected chi connectivity index (χ4v) is 3.54. The summed E-state index contributed by atoms with van der Waals surface area (Å²) in [5.41, 5.74) is 0.573. The van der Waals surface area contributed by atoms with Crippen molar-refractivity contribution in [2.75, 3.05) is 4.90 Å². The molecule has 96 valence electrons. The van der Waals surface area contributed by atoms with Crippen LogP contribution < -0.4 is 4.90 Å². The molecule has 1 saturated carbocycles. The quantitative estimate of drug-likeness (QED) is 0.801. The third kappa shape index (κ3) is 1.81. The van der Waals surface area contributed by atoms with Crippen molar-refractivity contribution in [2.24, 2.45) is 4.40 Å². The summed E-state index contributed by atoms with van der Waals surface area (Å²) in [6, 6.07) is 3.28. The third-order valence-corrected chi connectivity index (χ3v) is 5.31. The first kappa shape index (κ1) is 12.3. The van der Waals surface area contributed by atoms with Gasteiger partial charge < -0.3 is 4.90 Å². The summed E-state index contributed by atoms with van der Waals surface area (Å²) in [6.45, 7) is 0. The number of fused-ring (bicyclic) bond motifs is 1. The van der Waals surface area contributed by atoms with Gasteiger partial charge in [0.2, 0.25) is 0 Å². The Morgan fingerprint density at radius 2 is 1.89 bits per heavy atom. The molecule has 3 rings (SSSR count). The van der Waals surface area contributed by atoms with Crippen molar-refractivity contribution < 1.29 is 8.42 Å². The molecule has 0 saturated heterocycles. The molecule has 1 aromatic carbocycles. The Labute approximate surface area is 115 Å². The van der Waals surface area contributed by atoms with Gasteiger partial charge in [0.15, 0.2) is 0 Å². The van der Waals surface area contributed by atoms with Crippen LogP contribution in [0.1, 0.15) is 19.3 Å². The van der Waals surface area contributed by atoms with E-state index < -0.39 is 10.0 Å². The molecular formula is C11H10Cl2N2O2S. The number of hydrogen-bond donors (Lipinski definition) is 0. The highest BCUT2D eigenvalue weighted by molar-refractivity contribution is 7.90. The molecule has 2 aliphatic rings. The van der Waals surface area contributed by atoms with Gasteiger partial charge in [-0.2, -0.15) is 8.42 Å². The first-order chi connectivity index (χ1) is 8.49. The zero-order valence-corrected chi connectivity index (χ0v) is 11.6. The van der Waals surface area contributed by atoms with E-state index in [-0.39, 0.29) is 9.92 Å². The van der Waals surface area contributed by atoms with Crippen LogP contribution in [0.5, 0.6) is 0 Å². The Bertz CT molecular complexity index is 639. The van der Waals surface area contributed by atoms with Crippen LogP contribution in [0.15, 0.2) is 21.4 Å². The van der Waals surface area contributed by atoms with Crippen molar-refractivity contribution in [3.8, 4) is 0 Å². The molecule has 1 heterocycles. The smallest absolute Gasteiger partial charge is 0.285 e. The lowest BCUT2D eigenvalue weighted by molar-refractivity contribution is 0.416. The van der Waals surface area contributed by atoms with E-state index in [4.69, 9.17) is 23.2 Å². The molecule has 0 bridgehead atoms. The number of halogens is 2. The van der Waals surface area contributed by atoms with Crippen molar-refractivity contribution in [3.05, 3.63) is 22.2 Å². The fraction of sp³-hybridized carbons (Fsp3) is 0.364. The maximum absolute atomic E-state index is 11.9. The summed E-state index contributed by atoms with van der Waals surface area (Å²) in [5, 5.41) is 0.579. The van der Waals surface area contributed by atoms with Gasteiger partial charge in [-0.1, -0.05) is 23.2 Å². The largest absolute Gasteiger partial charge is 0.327 e. The van der Waals surface area contributed by atoms with Crippen molar-refractivity contribution >= 4 is 45.3 Å². The van der Waals surface area contributed by atoms with Crippen molar-refractivity contribution in [1.29, 1.82) is 0 Å². The zero-order valence-electron chi connectivity index (χ0n) is 9.31. The highest BCUT2D eigenvalue weighted by atomic mass is 35.5. The molecule has 0 unspecified atom stereocenters. The normalized spacial score (nSPS) is 21.6. The highest BCUT2D eigenvalue weighted by Crippen LogP contribution is 2.40. The summed E-state index contributed by atoms with van der Waals surface area (Å²) in [6.07, 6.45) is 4.60. The predicted molar refractivity (Wildman–Crippen MR) is 72.3 cm³/mol. The Morgan fingerprint density at radius 1 is 1.22 bits per heavy atom. The van der Waals surface area contributed by atoms with Gasteiger partial charge in [0.25, 0.3) is 10.0 Å². The molecule has 1 fully saturated rings. The summed E-state index contributed by atoms with van der Waals surface area (Å²) in [4.78, 5) is 2.01. The molecule has 0 spiro atoms. The van der Waals surface area contributed by atoms with Crippen LogP contribution in [0.25, 0.3) is 0 Å². The topological polar surface area (TPSA) is 49.7 Å². The number of benzene rings is 1. The van der Waals surface area contributed by atoms with Crippen LogP contribution in [0.2, 0.25) is 10.0 Å². The minimum Gasteiger partial charge on any atom is -0.327 e. The highest BCUT2D eigenvalue weighted by Gasteiger charge is 2.33. The number of hydrogen-bond acceptors (Lipinski definition) is 3. The van der Waals surface area contributed by atoms with Crippen LogP contribution in [-0.2, 0) is 10.0 Å². The molecule has 18 heavy (non-hydrogen) atoms. The predicted octanol–water partition coefficient (Wildman–Crippen LogP) is 3.08. The molecule has 0 radical (unpaired) electrons. The monoisotopic (exact) mass is 304 g/mol. The van der Waals surface area contributed by atoms with Gasteiger partial charge in [-0.15, -0.1) is 4.40 Å². The van der Waals surface area contributed by atoms with Crippen molar-refractivity contribution in [1.82, 2.24) is 0 Å². The summed E-state index contributed by atoms with van der Waals surface area (Å²) in [5.74, 6) is 0. The molecule has 1 aliphatic heterocycles. The van der Waals surface area contributed by atoms with E-state index in [2.05, 4.69) is 4.40 Å². The fourth-order valence-electron chi connectivity index (χ4n) is 2.11. The van der Waals surface area contributed by atoms with Gasteiger partial charge >= 0.3 is 0 Å². The van der Waals surface area contributed by atoms with E-state index in [0.29, 0.717) is 16.8 Å². The summed E-state index contributed by atoms with van der Waals surface area (Å²) < 4.78 is 27.4. The third-order valence-electron chi connectivity index (χ3n) is 3.34. The maximum Gasteiger partial charge on any atom is 0.285 e. The lowest BCUT2D eigenvalue weighted by Gasteiger charge is -2.38. The molecule has 1 aliphatic carbocycles. The molecule has 0 atom stereocenters. The van der Waals surface area contributed by atoms with E-state index in [9.17, 15) is 8.42 Å². The standard InChI is InChI=1S/C11H10Cl2N2O2S/c12-8-4-10-11(5-9(8)13)18(16,17)14-6-15(10)7-2-1-3-7/h4-7H,1-3H2. The van der Waals surface area contributed by atoms with E-state index in [1.54, 1.807) is 6.07 Å². The van der Waals surface area contributed by atoms with Crippen LogP contribution in [0, 0.1) is 0 Å². The van der Waals surface area contributed by atoms with E-state index in [0.717, 1.165) is 19.3 Å². The molecule has 0 aromatic heterocycles. The lowest BCUT2D eigenvalue weighted by atomic mass is 9.91. The Morgan fingerprint density at radius 3 is 2.50 bits per heavy atom. The van der Waals surface area contributed by atoms with Gasteiger partial charge in [0, 0.05) is 6.04 Å². The lowest BCUT2D eigenvalue weighted by Crippen LogP contribution is -2.41. The number of anilines is 1. The van der Waals surface area contributed by atoms with Crippen LogP contribution in [-0.4, -0.2) is 20.8 Å². The van der Waals surface area contributed by atoms with E-state index in [1.165, 1.54) is 12.4 Å². The number of sulfonamides is 1. The van der Waals surface area contributed by atoms with E-state index >= 15 is 0 Å². The first-order valence-corrected chi connectivity index (χ1v) is 7.76. The second-order valence-corrected chi connectivity index (χ2v) is 6.84. The summed E-state index contributed by atoms with van der Waals surface area (Å²) >= 11 is 11.9. The summed E-state index contributed by atoms with van der Waals surface area (Å²) in [7, 11) is -3.65. The molecular weight excluding hydrogens is 295 g/mol. The van der Waals surface area contributed by atoms with Crippen molar-refractivity contribution in [3.63, 3.8) is 0 Å². The molecule has 1 aromatic rings. The molecule has 0 amide bonds. The maximum atomic E-state index is 11.9. The second kappa shape index (κ2) is 4.11. The number of rotatable bonds is 1. The number of nitrogens with zero attached hydrogens (tertiary/aromatic N) is 2. The van der Waals surface area contributed by atoms with Crippen LogP contribution >= 0.6 is 23.2 Å². The second-order valence-electron chi connectivity index (χ2n) is 4.42. The average Bonchev–Trinajstić information content (AvgIpc) is 2.23. The Balaban J connectivity index is 2.19. The van der Waals surface area contributed by atoms with Gasteiger partial charge in [-0.3, -0.25) is 0 Å². The Kier molecular flexibility index (Phi) is 2.80. The minimum atomic E-state index is -3.65. The minimum absolute atomic E-state index is 0.131. The van der Waals surface area contributed by atoms with Crippen LogP contribution in [0.3, 0.4) is 0 Å². The molecule has 7 heteroatoms. The van der Waals surface area contributed by atoms with Crippen LogP contribution in [0.4, 0.5) is 5.69 Å². The van der Waals surface area contributed by atoms with Crippen molar-refractivity contribution in [2.45, 2.75) is 30.2 Å². The molecule has 4 nitrogen and oxygen atoms in total. The van der Waals surface area contributed by atoms with Gasteiger partial charge in [-0.25, -0.2) is 0 Å². The van der Waals surface area contributed by atoms with E-state index in [1.807, 2.05) is 4.90 Å². The van der Waals surface area contributed by atoms with Gasteiger partial charge in [0.1, 0.15) is 11.2 Å².